The fraction of sp³-hybridized carbons (Fsp3) is 0.320. The van der Waals surface area contributed by atoms with Crippen molar-refractivity contribution >= 4 is 17.5 Å². The van der Waals surface area contributed by atoms with Gasteiger partial charge in [0.05, 0.1) is 25.5 Å². The van der Waals surface area contributed by atoms with Crippen molar-refractivity contribution in [1.82, 2.24) is 14.9 Å². The third kappa shape index (κ3) is 5.34. The second-order valence-electron chi connectivity index (χ2n) is 7.88. The molecule has 1 saturated heterocycles. The first-order valence-electron chi connectivity index (χ1n) is 11.0. The zero-order chi connectivity index (χ0) is 23.2. The zero-order valence-electron chi connectivity index (χ0n) is 19.2. The number of hydrogen-bond donors (Lipinski definition) is 1. The third-order valence-corrected chi connectivity index (χ3v) is 5.80. The maximum absolute atomic E-state index is 13.1. The van der Waals surface area contributed by atoms with Crippen LogP contribution in [0.4, 0.5) is 11.6 Å². The molecule has 1 aliphatic heterocycles. The predicted octanol–water partition coefficient (Wildman–Crippen LogP) is 3.38. The molecule has 0 saturated carbocycles. The monoisotopic (exact) mass is 447 g/mol. The number of anilines is 2. The standard InChI is InChI=1S/C25H29N5O3/c1-18-23(17-27-25(28-18)26-16-19-7-9-21(32-2)10-8-19)24(31)30-13-11-29(12-14-30)20-5-4-6-22(15-20)33-3/h4-10,15,17H,11-14,16H2,1-3H3,(H,26,27,28). The molecule has 1 N–H and O–H groups in total. The molecule has 1 aromatic heterocycles. The number of carbonyl (C=O) groups excluding carboxylic acids is 1. The van der Waals surface area contributed by atoms with Crippen LogP contribution in [0.25, 0.3) is 0 Å². The summed E-state index contributed by atoms with van der Waals surface area (Å²) in [5.41, 5.74) is 3.40. The second kappa shape index (κ2) is 10.2. The van der Waals surface area contributed by atoms with Gasteiger partial charge in [-0.3, -0.25) is 4.79 Å². The van der Waals surface area contributed by atoms with Gasteiger partial charge in [0, 0.05) is 50.7 Å². The Morgan fingerprint density at radius 3 is 2.39 bits per heavy atom. The van der Waals surface area contributed by atoms with Gasteiger partial charge in [-0.15, -0.1) is 0 Å². The Balaban J connectivity index is 1.34. The first-order chi connectivity index (χ1) is 16.1. The van der Waals surface area contributed by atoms with Crippen LogP contribution < -0.4 is 19.7 Å². The van der Waals surface area contributed by atoms with Crippen LogP contribution in [0.3, 0.4) is 0 Å². The van der Waals surface area contributed by atoms with E-state index in [9.17, 15) is 4.79 Å². The van der Waals surface area contributed by atoms with E-state index in [-0.39, 0.29) is 5.91 Å². The van der Waals surface area contributed by atoms with E-state index in [4.69, 9.17) is 9.47 Å². The number of rotatable bonds is 7. The van der Waals surface area contributed by atoms with E-state index in [1.807, 2.05) is 54.3 Å². The fourth-order valence-corrected chi connectivity index (χ4v) is 3.83. The van der Waals surface area contributed by atoms with Crippen molar-refractivity contribution in [2.75, 3.05) is 50.6 Å². The number of nitrogens with zero attached hydrogens (tertiary/aromatic N) is 4. The van der Waals surface area contributed by atoms with E-state index in [0.717, 1.165) is 35.8 Å². The smallest absolute Gasteiger partial charge is 0.257 e. The topological polar surface area (TPSA) is 79.8 Å². The van der Waals surface area contributed by atoms with Crippen LogP contribution in [0.2, 0.25) is 0 Å². The van der Waals surface area contributed by atoms with Gasteiger partial charge < -0.3 is 24.6 Å². The number of hydrogen-bond acceptors (Lipinski definition) is 7. The summed E-state index contributed by atoms with van der Waals surface area (Å²) in [5.74, 6) is 2.12. The lowest BCUT2D eigenvalue weighted by Gasteiger charge is -2.36. The normalized spacial score (nSPS) is 13.5. The lowest BCUT2D eigenvalue weighted by molar-refractivity contribution is 0.0745. The molecule has 4 rings (SSSR count). The number of amides is 1. The molecule has 33 heavy (non-hydrogen) atoms. The quantitative estimate of drug-likeness (QED) is 0.595. The van der Waals surface area contributed by atoms with Gasteiger partial charge in [-0.25, -0.2) is 9.97 Å². The molecule has 1 fully saturated rings. The van der Waals surface area contributed by atoms with Gasteiger partial charge in [0.15, 0.2) is 0 Å². The highest BCUT2D eigenvalue weighted by Gasteiger charge is 2.24. The summed E-state index contributed by atoms with van der Waals surface area (Å²) in [6.45, 7) is 5.25. The van der Waals surface area contributed by atoms with Crippen LogP contribution in [-0.4, -0.2) is 61.2 Å². The Morgan fingerprint density at radius 2 is 1.73 bits per heavy atom. The predicted molar refractivity (Wildman–Crippen MR) is 128 cm³/mol. The fourth-order valence-electron chi connectivity index (χ4n) is 3.83. The highest BCUT2D eigenvalue weighted by Crippen LogP contribution is 2.23. The lowest BCUT2D eigenvalue weighted by Crippen LogP contribution is -2.49. The van der Waals surface area contributed by atoms with E-state index in [1.165, 1.54) is 0 Å². The molecule has 8 heteroatoms. The van der Waals surface area contributed by atoms with Crippen LogP contribution in [0.5, 0.6) is 11.5 Å². The highest BCUT2D eigenvalue weighted by molar-refractivity contribution is 5.95. The molecule has 1 amide bonds. The highest BCUT2D eigenvalue weighted by atomic mass is 16.5. The van der Waals surface area contributed by atoms with Gasteiger partial charge in [0.25, 0.3) is 5.91 Å². The first kappa shape index (κ1) is 22.4. The minimum absolute atomic E-state index is 0.0282. The maximum atomic E-state index is 13.1. The Hall–Kier alpha value is -3.81. The van der Waals surface area contributed by atoms with Gasteiger partial charge in [0.2, 0.25) is 5.95 Å². The van der Waals surface area contributed by atoms with Crippen LogP contribution >= 0.6 is 0 Å². The Kier molecular flexibility index (Phi) is 6.92. The summed E-state index contributed by atoms with van der Waals surface area (Å²) in [7, 11) is 3.31. The molecular formula is C25H29N5O3. The SMILES string of the molecule is COc1ccc(CNc2ncc(C(=O)N3CCN(c4cccc(OC)c4)CC3)c(C)n2)cc1. The van der Waals surface area contributed by atoms with Crippen molar-refractivity contribution in [1.29, 1.82) is 0 Å². The molecule has 1 aliphatic rings. The van der Waals surface area contributed by atoms with E-state index >= 15 is 0 Å². The van der Waals surface area contributed by atoms with Gasteiger partial charge in [-0.1, -0.05) is 18.2 Å². The molecule has 8 nitrogen and oxygen atoms in total. The average Bonchev–Trinajstić information content (AvgIpc) is 2.87. The summed E-state index contributed by atoms with van der Waals surface area (Å²) >= 11 is 0. The van der Waals surface area contributed by atoms with Crippen LogP contribution in [0.15, 0.2) is 54.7 Å². The first-order valence-corrected chi connectivity index (χ1v) is 11.0. The second-order valence-corrected chi connectivity index (χ2v) is 7.88. The minimum atomic E-state index is -0.0282. The van der Waals surface area contributed by atoms with Gasteiger partial charge in [0.1, 0.15) is 11.5 Å². The Morgan fingerprint density at radius 1 is 1.00 bits per heavy atom. The maximum Gasteiger partial charge on any atom is 0.257 e. The largest absolute Gasteiger partial charge is 0.497 e. The van der Waals surface area contributed by atoms with Crippen LogP contribution in [-0.2, 0) is 6.54 Å². The summed E-state index contributed by atoms with van der Waals surface area (Å²) in [4.78, 5) is 26.1. The molecule has 0 atom stereocenters. The number of aromatic nitrogens is 2. The van der Waals surface area contributed by atoms with Crippen molar-refractivity contribution < 1.29 is 14.3 Å². The molecule has 3 aromatic rings. The number of methoxy groups -OCH3 is 2. The van der Waals surface area contributed by atoms with Gasteiger partial charge >= 0.3 is 0 Å². The Bertz CT molecular complexity index is 1100. The van der Waals surface area contributed by atoms with Gasteiger partial charge in [-0.2, -0.15) is 0 Å². The van der Waals surface area contributed by atoms with Crippen molar-refractivity contribution in [3.05, 3.63) is 71.5 Å². The van der Waals surface area contributed by atoms with Crippen LogP contribution in [0, 0.1) is 6.92 Å². The zero-order valence-corrected chi connectivity index (χ0v) is 19.2. The lowest BCUT2D eigenvalue weighted by atomic mass is 10.2. The minimum Gasteiger partial charge on any atom is -0.497 e. The molecular weight excluding hydrogens is 418 g/mol. The summed E-state index contributed by atoms with van der Waals surface area (Å²) in [6.07, 6.45) is 1.62. The molecule has 0 unspecified atom stereocenters. The molecule has 0 spiro atoms. The van der Waals surface area contributed by atoms with Crippen molar-refractivity contribution in [3.63, 3.8) is 0 Å². The van der Waals surface area contributed by atoms with Gasteiger partial charge in [-0.05, 0) is 36.8 Å². The van der Waals surface area contributed by atoms with Crippen molar-refractivity contribution in [2.45, 2.75) is 13.5 Å². The number of piperazine rings is 1. The van der Waals surface area contributed by atoms with E-state index < -0.39 is 0 Å². The molecule has 172 valence electrons. The van der Waals surface area contributed by atoms with E-state index in [0.29, 0.717) is 36.8 Å². The van der Waals surface area contributed by atoms with Crippen molar-refractivity contribution in [3.8, 4) is 11.5 Å². The molecule has 0 aliphatic carbocycles. The number of ether oxygens (including phenoxy) is 2. The van der Waals surface area contributed by atoms with Crippen LogP contribution in [0.1, 0.15) is 21.6 Å². The summed E-state index contributed by atoms with van der Waals surface area (Å²) < 4.78 is 10.5. The molecule has 2 aromatic carbocycles. The summed E-state index contributed by atoms with van der Waals surface area (Å²) in [5, 5.41) is 3.21. The van der Waals surface area contributed by atoms with E-state index in [1.54, 1.807) is 20.4 Å². The number of benzene rings is 2. The summed E-state index contributed by atoms with van der Waals surface area (Å²) in [6, 6.07) is 15.8. The molecule has 0 radical (unpaired) electrons. The van der Waals surface area contributed by atoms with Crippen molar-refractivity contribution in [2.24, 2.45) is 0 Å². The van der Waals surface area contributed by atoms with E-state index in [2.05, 4.69) is 26.3 Å². The number of carbonyl (C=O) groups is 1. The average molecular weight is 448 g/mol. The number of nitrogens with one attached hydrogen (secondary N) is 1. The number of aryl methyl sites for hydroxylation is 1. The third-order valence-electron chi connectivity index (χ3n) is 5.80. The molecule has 2 heterocycles. The molecule has 0 bridgehead atoms. The Labute approximate surface area is 194 Å².